The number of carbonyl (C=O) groups is 2. The first-order valence-electron chi connectivity index (χ1n) is 8.32. The molecule has 1 saturated heterocycles. The van der Waals surface area contributed by atoms with Crippen LogP contribution in [-0.4, -0.2) is 62.9 Å². The fourth-order valence-corrected chi connectivity index (χ4v) is 2.53. The van der Waals surface area contributed by atoms with Crippen LogP contribution in [0.15, 0.2) is 24.3 Å². The second kappa shape index (κ2) is 8.53. The maximum absolute atomic E-state index is 11.9. The number of hydrogen-bond donors (Lipinski definition) is 0. The molecule has 25 heavy (non-hydrogen) atoms. The Morgan fingerprint density at radius 3 is 2.64 bits per heavy atom. The van der Waals surface area contributed by atoms with Gasteiger partial charge < -0.3 is 23.8 Å². The van der Waals surface area contributed by atoms with Gasteiger partial charge in [0.1, 0.15) is 0 Å². The number of morpholine rings is 1. The summed E-state index contributed by atoms with van der Waals surface area (Å²) in [5.74, 6) is 0.596. The van der Waals surface area contributed by atoms with Crippen molar-refractivity contribution >= 4 is 18.0 Å². The molecule has 0 spiro atoms. The highest BCUT2D eigenvalue weighted by molar-refractivity contribution is 5.89. The summed E-state index contributed by atoms with van der Waals surface area (Å²) >= 11 is 0. The van der Waals surface area contributed by atoms with Gasteiger partial charge in [-0.05, 0) is 23.8 Å². The maximum atomic E-state index is 11.9. The van der Waals surface area contributed by atoms with Crippen molar-refractivity contribution in [3.8, 4) is 11.5 Å². The summed E-state index contributed by atoms with van der Waals surface area (Å²) in [6.45, 7) is 3.07. The van der Waals surface area contributed by atoms with E-state index in [0.29, 0.717) is 51.0 Å². The zero-order valence-electron chi connectivity index (χ0n) is 13.9. The minimum absolute atomic E-state index is 0.208. The first kappa shape index (κ1) is 17.3. The van der Waals surface area contributed by atoms with Gasteiger partial charge in [0.2, 0.25) is 0 Å². The second-order valence-electron chi connectivity index (χ2n) is 5.69. The summed E-state index contributed by atoms with van der Waals surface area (Å²) in [6, 6.07) is 5.45. The van der Waals surface area contributed by atoms with E-state index in [4.69, 9.17) is 18.9 Å². The van der Waals surface area contributed by atoms with Crippen LogP contribution < -0.4 is 9.47 Å². The van der Waals surface area contributed by atoms with E-state index in [1.54, 1.807) is 11.0 Å². The van der Waals surface area contributed by atoms with Gasteiger partial charge in [-0.1, -0.05) is 6.07 Å². The number of rotatable bonds is 4. The molecule has 7 nitrogen and oxygen atoms in total. The molecule has 0 aromatic heterocycles. The predicted molar refractivity (Wildman–Crippen MR) is 89.4 cm³/mol. The lowest BCUT2D eigenvalue weighted by molar-refractivity contribution is -0.150. The summed E-state index contributed by atoms with van der Waals surface area (Å²) in [5.41, 5.74) is 0.792. The molecule has 3 rings (SSSR count). The number of nitrogens with zero attached hydrogens (tertiary/aromatic N) is 1. The fourth-order valence-electron chi connectivity index (χ4n) is 2.53. The monoisotopic (exact) mass is 347 g/mol. The number of ether oxygens (including phenoxy) is 4. The SMILES string of the molecule is O=C(/C=C/c1ccc2c(c1)OCCCO2)OCC(=O)N1CCOCC1. The van der Waals surface area contributed by atoms with Gasteiger partial charge in [-0.2, -0.15) is 0 Å². The lowest BCUT2D eigenvalue weighted by atomic mass is 10.2. The van der Waals surface area contributed by atoms with Crippen LogP contribution in [0.2, 0.25) is 0 Å². The average molecular weight is 347 g/mol. The third-order valence-corrected chi connectivity index (χ3v) is 3.89. The zero-order chi connectivity index (χ0) is 17.5. The largest absolute Gasteiger partial charge is 0.490 e. The highest BCUT2D eigenvalue weighted by Gasteiger charge is 2.17. The molecule has 0 N–H and O–H groups in total. The minimum atomic E-state index is -0.561. The minimum Gasteiger partial charge on any atom is -0.490 e. The smallest absolute Gasteiger partial charge is 0.331 e. The number of amides is 1. The molecule has 2 heterocycles. The molecular formula is C18H21NO6. The second-order valence-corrected chi connectivity index (χ2v) is 5.69. The molecule has 0 unspecified atom stereocenters. The molecule has 2 aliphatic heterocycles. The molecule has 7 heteroatoms. The third-order valence-electron chi connectivity index (χ3n) is 3.89. The molecule has 1 amide bonds. The summed E-state index contributed by atoms with van der Waals surface area (Å²) in [6.07, 6.45) is 3.76. The Bertz CT molecular complexity index is 651. The van der Waals surface area contributed by atoms with Gasteiger partial charge in [0, 0.05) is 25.6 Å². The Morgan fingerprint density at radius 1 is 1.08 bits per heavy atom. The van der Waals surface area contributed by atoms with E-state index in [0.717, 1.165) is 12.0 Å². The van der Waals surface area contributed by atoms with E-state index in [1.165, 1.54) is 6.08 Å². The topological polar surface area (TPSA) is 74.3 Å². The Morgan fingerprint density at radius 2 is 1.84 bits per heavy atom. The quantitative estimate of drug-likeness (QED) is 0.603. The third kappa shape index (κ3) is 4.96. The fraction of sp³-hybridized carbons (Fsp3) is 0.444. The van der Waals surface area contributed by atoms with E-state index < -0.39 is 5.97 Å². The van der Waals surface area contributed by atoms with Gasteiger partial charge in [0.15, 0.2) is 18.1 Å². The highest BCUT2D eigenvalue weighted by Crippen LogP contribution is 2.30. The molecule has 0 atom stereocenters. The first-order chi connectivity index (χ1) is 12.2. The Hall–Kier alpha value is -2.54. The van der Waals surface area contributed by atoms with Gasteiger partial charge in [-0.3, -0.25) is 4.79 Å². The molecule has 134 valence electrons. The summed E-state index contributed by atoms with van der Waals surface area (Å²) in [7, 11) is 0. The van der Waals surface area contributed by atoms with Crippen molar-refractivity contribution in [1.82, 2.24) is 4.90 Å². The van der Waals surface area contributed by atoms with Crippen LogP contribution >= 0.6 is 0 Å². The van der Waals surface area contributed by atoms with Crippen LogP contribution in [0.25, 0.3) is 6.08 Å². The van der Waals surface area contributed by atoms with Crippen LogP contribution in [0.4, 0.5) is 0 Å². The van der Waals surface area contributed by atoms with Crippen molar-refractivity contribution in [2.24, 2.45) is 0 Å². The van der Waals surface area contributed by atoms with Gasteiger partial charge in [-0.15, -0.1) is 0 Å². The van der Waals surface area contributed by atoms with Crippen LogP contribution in [0.5, 0.6) is 11.5 Å². The Balaban J connectivity index is 1.50. The average Bonchev–Trinajstić information content (AvgIpc) is 2.90. The lowest BCUT2D eigenvalue weighted by Crippen LogP contribution is -2.42. The standard InChI is InChI=1S/C18H21NO6/c20-17(19-6-10-22-11-7-19)13-25-18(21)5-3-14-2-4-15-16(12-14)24-9-1-8-23-15/h2-5,12H,1,6-11,13H2/b5-3+. The molecule has 0 radical (unpaired) electrons. The normalized spacial score (nSPS) is 17.2. The molecule has 1 aromatic carbocycles. The van der Waals surface area contributed by atoms with Crippen molar-refractivity contribution in [3.63, 3.8) is 0 Å². The van der Waals surface area contributed by atoms with Crippen LogP contribution in [0, 0.1) is 0 Å². The number of esters is 1. The van der Waals surface area contributed by atoms with Crippen LogP contribution in [0.1, 0.15) is 12.0 Å². The van der Waals surface area contributed by atoms with Gasteiger partial charge in [-0.25, -0.2) is 4.79 Å². The summed E-state index contributed by atoms with van der Waals surface area (Å²) in [5, 5.41) is 0. The summed E-state index contributed by atoms with van der Waals surface area (Å²) < 4.78 is 21.3. The van der Waals surface area contributed by atoms with Crippen LogP contribution in [0.3, 0.4) is 0 Å². The molecule has 2 aliphatic rings. The molecule has 1 aromatic rings. The number of hydrogen-bond acceptors (Lipinski definition) is 6. The molecule has 0 aliphatic carbocycles. The van der Waals surface area contributed by atoms with Gasteiger partial charge in [0.05, 0.1) is 26.4 Å². The van der Waals surface area contributed by atoms with Gasteiger partial charge in [0.25, 0.3) is 5.91 Å². The zero-order valence-corrected chi connectivity index (χ0v) is 13.9. The van der Waals surface area contributed by atoms with Crippen molar-refractivity contribution in [2.45, 2.75) is 6.42 Å². The van der Waals surface area contributed by atoms with Crippen molar-refractivity contribution in [2.75, 3.05) is 46.1 Å². The number of carbonyl (C=O) groups excluding carboxylic acids is 2. The van der Waals surface area contributed by atoms with E-state index in [9.17, 15) is 9.59 Å². The molecule has 0 bridgehead atoms. The highest BCUT2D eigenvalue weighted by atomic mass is 16.5. The predicted octanol–water partition coefficient (Wildman–Crippen LogP) is 1.26. The first-order valence-corrected chi connectivity index (χ1v) is 8.32. The van der Waals surface area contributed by atoms with Crippen molar-refractivity contribution in [1.29, 1.82) is 0 Å². The van der Waals surface area contributed by atoms with E-state index >= 15 is 0 Å². The van der Waals surface area contributed by atoms with Crippen LogP contribution in [-0.2, 0) is 19.1 Å². The molecular weight excluding hydrogens is 326 g/mol. The van der Waals surface area contributed by atoms with E-state index in [1.807, 2.05) is 18.2 Å². The molecule has 0 saturated carbocycles. The van der Waals surface area contributed by atoms with Gasteiger partial charge >= 0.3 is 5.97 Å². The number of fused-ring (bicyclic) bond motifs is 1. The number of benzene rings is 1. The maximum Gasteiger partial charge on any atom is 0.331 e. The summed E-state index contributed by atoms with van der Waals surface area (Å²) in [4.78, 5) is 25.3. The molecule has 1 fully saturated rings. The Kier molecular flexibility index (Phi) is 5.90. The van der Waals surface area contributed by atoms with E-state index in [-0.39, 0.29) is 12.5 Å². The van der Waals surface area contributed by atoms with Crippen molar-refractivity contribution < 1.29 is 28.5 Å². The van der Waals surface area contributed by atoms with E-state index in [2.05, 4.69) is 0 Å². The lowest BCUT2D eigenvalue weighted by Gasteiger charge is -2.26. The Labute approximate surface area is 146 Å². The van der Waals surface area contributed by atoms with Crippen molar-refractivity contribution in [3.05, 3.63) is 29.8 Å².